The zero-order valence-corrected chi connectivity index (χ0v) is 12.0. The number of nitrogens with zero attached hydrogens (tertiary/aromatic N) is 2. The van der Waals surface area contributed by atoms with Crippen LogP contribution in [-0.2, 0) is 0 Å². The molecule has 7 heteroatoms. The average molecular weight is 266 g/mol. The van der Waals surface area contributed by atoms with Crippen LogP contribution in [0.4, 0.5) is 0 Å². The fraction of sp³-hybridized carbons (Fsp3) is 0. The molecule has 0 unspecified atom stereocenters. The second-order valence-electron chi connectivity index (χ2n) is 3.45. The Kier molecular flexibility index (Phi) is 5.17. The molecule has 2 rings (SSSR count). The standard InChI is InChI=1S/C12H8N2O4.Na/c15-11(16)7-1-3-13-9(5-7)10-6-8(12(17)18)2-4-14-10;/h1-6H,(H,15,16)(H,17,18);/q;+1/p-1. The number of carbonyl (C=O) groups is 2. The number of carboxylic acid groups (broad SMARTS) is 2. The van der Waals surface area contributed by atoms with Crippen LogP contribution in [0.3, 0.4) is 0 Å². The van der Waals surface area contributed by atoms with Crippen molar-refractivity contribution in [3.05, 3.63) is 47.8 Å². The van der Waals surface area contributed by atoms with E-state index in [-0.39, 0.29) is 52.1 Å². The fourth-order valence-electron chi connectivity index (χ4n) is 1.40. The summed E-state index contributed by atoms with van der Waals surface area (Å²) in [4.78, 5) is 29.4. The van der Waals surface area contributed by atoms with Gasteiger partial charge in [-0.3, -0.25) is 9.97 Å². The van der Waals surface area contributed by atoms with Gasteiger partial charge >= 0.3 is 35.5 Å². The van der Waals surface area contributed by atoms with E-state index in [0.29, 0.717) is 0 Å². The molecule has 0 aromatic carbocycles. The summed E-state index contributed by atoms with van der Waals surface area (Å²) in [6.07, 6.45) is 2.63. The second kappa shape index (κ2) is 6.42. The predicted molar refractivity (Wildman–Crippen MR) is 58.8 cm³/mol. The molecular weight excluding hydrogens is 259 g/mol. The quantitative estimate of drug-likeness (QED) is 0.602. The summed E-state index contributed by atoms with van der Waals surface area (Å²) in [5, 5.41) is 19.6. The topological polar surface area (TPSA) is 103 Å². The van der Waals surface area contributed by atoms with Gasteiger partial charge in [0.1, 0.15) is 0 Å². The van der Waals surface area contributed by atoms with Gasteiger partial charge in [0, 0.05) is 18.0 Å². The molecule has 0 atom stereocenters. The van der Waals surface area contributed by atoms with Crippen LogP contribution < -0.4 is 34.7 Å². The van der Waals surface area contributed by atoms with Crippen molar-refractivity contribution >= 4 is 11.9 Å². The van der Waals surface area contributed by atoms with Gasteiger partial charge in [-0.2, -0.15) is 0 Å². The van der Waals surface area contributed by atoms with Crippen LogP contribution in [0.2, 0.25) is 0 Å². The van der Waals surface area contributed by atoms with Crippen molar-refractivity contribution in [1.29, 1.82) is 0 Å². The molecule has 0 saturated heterocycles. The SMILES string of the molecule is O=C([O-])c1ccnc(-c2cc(C(=O)O)ccn2)c1.[Na+]. The number of pyridine rings is 2. The van der Waals surface area contributed by atoms with Gasteiger partial charge in [-0.05, 0) is 24.3 Å². The third-order valence-corrected chi connectivity index (χ3v) is 2.26. The van der Waals surface area contributed by atoms with Crippen molar-refractivity contribution in [3.63, 3.8) is 0 Å². The van der Waals surface area contributed by atoms with Crippen molar-refractivity contribution in [3.8, 4) is 11.4 Å². The molecular formula is C12H7N2NaO4. The smallest absolute Gasteiger partial charge is 0.545 e. The number of hydrogen-bond donors (Lipinski definition) is 1. The van der Waals surface area contributed by atoms with E-state index in [1.165, 1.54) is 36.7 Å². The summed E-state index contributed by atoms with van der Waals surface area (Å²) in [5.41, 5.74) is 0.584. The van der Waals surface area contributed by atoms with E-state index in [0.717, 1.165) is 0 Å². The van der Waals surface area contributed by atoms with Crippen molar-refractivity contribution in [2.45, 2.75) is 0 Å². The van der Waals surface area contributed by atoms with Crippen LogP contribution in [0.1, 0.15) is 20.7 Å². The molecule has 0 radical (unpaired) electrons. The molecule has 1 N–H and O–H groups in total. The zero-order valence-electron chi connectivity index (χ0n) is 10.0. The first-order chi connectivity index (χ1) is 8.58. The molecule has 0 fully saturated rings. The first kappa shape index (κ1) is 15.3. The van der Waals surface area contributed by atoms with Gasteiger partial charge in [0.15, 0.2) is 0 Å². The molecule has 0 amide bonds. The van der Waals surface area contributed by atoms with E-state index >= 15 is 0 Å². The minimum absolute atomic E-state index is 0. The Morgan fingerprint density at radius 2 is 1.47 bits per heavy atom. The fourth-order valence-corrected chi connectivity index (χ4v) is 1.40. The molecule has 0 aliphatic carbocycles. The van der Waals surface area contributed by atoms with E-state index < -0.39 is 11.9 Å². The summed E-state index contributed by atoms with van der Waals surface area (Å²) < 4.78 is 0. The predicted octanol–water partition coefficient (Wildman–Crippen LogP) is -2.79. The maximum Gasteiger partial charge on any atom is 1.00 e. The number of carbonyl (C=O) groups excluding carboxylic acids is 1. The van der Waals surface area contributed by atoms with Gasteiger partial charge in [0.05, 0.1) is 22.9 Å². The number of carboxylic acids is 2. The van der Waals surface area contributed by atoms with Gasteiger partial charge in [-0.25, -0.2) is 4.79 Å². The Bertz CT molecular complexity index is 575. The Hall–Kier alpha value is -1.76. The summed E-state index contributed by atoms with van der Waals surface area (Å²) >= 11 is 0. The van der Waals surface area contributed by atoms with Crippen LogP contribution in [0.5, 0.6) is 0 Å². The minimum Gasteiger partial charge on any atom is -0.545 e. The number of aromatic nitrogens is 2. The number of rotatable bonds is 3. The molecule has 0 aliphatic rings. The normalized spacial score (nSPS) is 9.47. The first-order valence-corrected chi connectivity index (χ1v) is 4.95. The summed E-state index contributed by atoms with van der Waals surface area (Å²) in [6, 6.07) is 5.24. The molecule has 19 heavy (non-hydrogen) atoms. The average Bonchev–Trinajstić information content (AvgIpc) is 2.39. The van der Waals surface area contributed by atoms with E-state index in [4.69, 9.17) is 5.11 Å². The van der Waals surface area contributed by atoms with E-state index in [1.807, 2.05) is 0 Å². The molecule has 2 aromatic rings. The summed E-state index contributed by atoms with van der Waals surface area (Å²) in [6.45, 7) is 0. The Morgan fingerprint density at radius 3 is 1.95 bits per heavy atom. The third-order valence-electron chi connectivity index (χ3n) is 2.26. The van der Waals surface area contributed by atoms with Gasteiger partial charge < -0.3 is 15.0 Å². The molecule has 0 spiro atoms. The van der Waals surface area contributed by atoms with Crippen LogP contribution in [0.15, 0.2) is 36.7 Å². The van der Waals surface area contributed by atoms with Crippen LogP contribution in [0, 0.1) is 0 Å². The number of hydrogen-bond acceptors (Lipinski definition) is 5. The number of aromatic carboxylic acids is 2. The molecule has 0 aliphatic heterocycles. The summed E-state index contributed by atoms with van der Waals surface area (Å²) in [7, 11) is 0. The van der Waals surface area contributed by atoms with E-state index in [9.17, 15) is 14.7 Å². The minimum atomic E-state index is -1.33. The van der Waals surface area contributed by atoms with Crippen LogP contribution >= 0.6 is 0 Å². The third kappa shape index (κ3) is 3.60. The maximum atomic E-state index is 10.8. The Labute approximate surface area is 130 Å². The van der Waals surface area contributed by atoms with Gasteiger partial charge in [-0.1, -0.05) is 0 Å². The van der Waals surface area contributed by atoms with Gasteiger partial charge in [0.2, 0.25) is 0 Å². The van der Waals surface area contributed by atoms with Crippen LogP contribution in [-0.4, -0.2) is 27.0 Å². The Balaban J connectivity index is 0.00000180. The monoisotopic (exact) mass is 266 g/mol. The van der Waals surface area contributed by atoms with Crippen molar-refractivity contribution in [1.82, 2.24) is 9.97 Å². The zero-order chi connectivity index (χ0) is 13.1. The largest absolute Gasteiger partial charge is 1.00 e. The van der Waals surface area contributed by atoms with Gasteiger partial charge in [-0.15, -0.1) is 0 Å². The van der Waals surface area contributed by atoms with Gasteiger partial charge in [0.25, 0.3) is 0 Å². The van der Waals surface area contributed by atoms with Crippen molar-refractivity contribution < 1.29 is 49.4 Å². The van der Waals surface area contributed by atoms with Crippen LogP contribution in [0.25, 0.3) is 11.4 Å². The Morgan fingerprint density at radius 1 is 1.00 bits per heavy atom. The molecule has 90 valence electrons. The second-order valence-corrected chi connectivity index (χ2v) is 3.45. The van der Waals surface area contributed by atoms with E-state index in [1.54, 1.807) is 0 Å². The maximum absolute atomic E-state index is 10.8. The molecule has 0 bridgehead atoms. The first-order valence-electron chi connectivity index (χ1n) is 4.95. The summed E-state index contributed by atoms with van der Waals surface area (Å²) in [5.74, 6) is -2.41. The van der Waals surface area contributed by atoms with Crippen molar-refractivity contribution in [2.24, 2.45) is 0 Å². The molecule has 2 heterocycles. The molecule has 2 aromatic heterocycles. The molecule has 6 nitrogen and oxygen atoms in total. The molecule has 0 saturated carbocycles. The van der Waals surface area contributed by atoms with Crippen molar-refractivity contribution in [2.75, 3.05) is 0 Å². The van der Waals surface area contributed by atoms with E-state index in [2.05, 4.69) is 9.97 Å².